The molecule has 2 rings (SSSR count). The van der Waals surface area contributed by atoms with Crippen molar-refractivity contribution in [3.8, 4) is 0 Å². The first kappa shape index (κ1) is 16.4. The van der Waals surface area contributed by atoms with Gasteiger partial charge in [-0.25, -0.2) is 8.42 Å². The Labute approximate surface area is 129 Å². The van der Waals surface area contributed by atoms with Gasteiger partial charge >= 0.3 is 0 Å². The van der Waals surface area contributed by atoms with Crippen molar-refractivity contribution in [2.24, 2.45) is 10.7 Å². The SMILES string of the molecule is NC(=NCCC(=O)NC1CCS(=O)(=O)C1)N1CCSCC1. The normalized spacial score (nSPS) is 25.8. The molecule has 2 saturated heterocycles. The highest BCUT2D eigenvalue weighted by Crippen LogP contribution is 2.11. The second-order valence-corrected chi connectivity index (χ2v) is 8.71. The van der Waals surface area contributed by atoms with Gasteiger partial charge < -0.3 is 16.0 Å². The largest absolute Gasteiger partial charge is 0.370 e. The molecule has 3 N–H and O–H groups in total. The molecule has 9 heteroatoms. The zero-order valence-corrected chi connectivity index (χ0v) is 13.6. The first-order chi connectivity index (χ1) is 9.96. The van der Waals surface area contributed by atoms with E-state index in [9.17, 15) is 13.2 Å². The van der Waals surface area contributed by atoms with E-state index in [0.717, 1.165) is 24.6 Å². The van der Waals surface area contributed by atoms with Gasteiger partial charge in [0.1, 0.15) is 0 Å². The maximum Gasteiger partial charge on any atom is 0.222 e. The highest BCUT2D eigenvalue weighted by atomic mass is 32.2. The van der Waals surface area contributed by atoms with Crippen molar-refractivity contribution in [2.75, 3.05) is 42.6 Å². The lowest BCUT2D eigenvalue weighted by Gasteiger charge is -2.27. The first-order valence-electron chi connectivity index (χ1n) is 7.09. The standard InChI is InChI=1S/C12H22N4O3S2/c13-12(16-4-6-20-7-5-16)14-3-1-11(17)15-10-2-8-21(18,19)9-10/h10H,1-9H2,(H2,13,14)(H,15,17). The fourth-order valence-corrected chi connectivity index (χ4v) is 4.95. The van der Waals surface area contributed by atoms with E-state index in [2.05, 4.69) is 10.3 Å². The van der Waals surface area contributed by atoms with Crippen LogP contribution < -0.4 is 11.1 Å². The zero-order valence-electron chi connectivity index (χ0n) is 12.0. The maximum atomic E-state index is 11.7. The van der Waals surface area contributed by atoms with E-state index >= 15 is 0 Å². The van der Waals surface area contributed by atoms with Gasteiger partial charge in [0.25, 0.3) is 0 Å². The number of hydrogen-bond donors (Lipinski definition) is 2. The molecule has 0 bridgehead atoms. The van der Waals surface area contributed by atoms with Gasteiger partial charge in [0.2, 0.25) is 5.91 Å². The summed E-state index contributed by atoms with van der Waals surface area (Å²) in [7, 11) is -2.96. The average Bonchev–Trinajstić information content (AvgIpc) is 2.78. The van der Waals surface area contributed by atoms with Gasteiger partial charge in [0.05, 0.1) is 18.1 Å². The fraction of sp³-hybridized carbons (Fsp3) is 0.833. The Bertz CT molecular complexity index is 501. The number of thioether (sulfide) groups is 1. The van der Waals surface area contributed by atoms with Crippen LogP contribution in [0.2, 0.25) is 0 Å². The number of carbonyl (C=O) groups is 1. The number of nitrogens with one attached hydrogen (secondary N) is 1. The third kappa shape index (κ3) is 5.39. The number of guanidine groups is 1. The van der Waals surface area contributed by atoms with Crippen molar-refractivity contribution in [1.29, 1.82) is 0 Å². The number of rotatable bonds is 4. The summed E-state index contributed by atoms with van der Waals surface area (Å²) >= 11 is 1.90. The van der Waals surface area contributed by atoms with Crippen LogP contribution in [0.5, 0.6) is 0 Å². The number of amides is 1. The third-order valence-electron chi connectivity index (χ3n) is 3.55. The van der Waals surface area contributed by atoms with E-state index in [1.807, 2.05) is 16.7 Å². The number of nitrogens with two attached hydrogens (primary N) is 1. The lowest BCUT2D eigenvalue weighted by molar-refractivity contribution is -0.121. The lowest BCUT2D eigenvalue weighted by Crippen LogP contribution is -2.43. The number of aliphatic imine (C=N–C) groups is 1. The van der Waals surface area contributed by atoms with Gasteiger partial charge in [0.15, 0.2) is 15.8 Å². The van der Waals surface area contributed by atoms with Crippen LogP contribution >= 0.6 is 11.8 Å². The van der Waals surface area contributed by atoms with E-state index in [1.54, 1.807) is 0 Å². The Kier molecular flexibility index (Phi) is 5.74. The van der Waals surface area contributed by atoms with Crippen molar-refractivity contribution in [3.05, 3.63) is 0 Å². The summed E-state index contributed by atoms with van der Waals surface area (Å²) in [4.78, 5) is 18.0. The van der Waals surface area contributed by atoms with E-state index < -0.39 is 9.84 Å². The highest BCUT2D eigenvalue weighted by Gasteiger charge is 2.28. The maximum absolute atomic E-state index is 11.7. The predicted octanol–water partition coefficient (Wildman–Crippen LogP) is -0.957. The molecule has 0 aliphatic carbocycles. The third-order valence-corrected chi connectivity index (χ3v) is 6.26. The van der Waals surface area contributed by atoms with Crippen LogP contribution in [0.1, 0.15) is 12.8 Å². The van der Waals surface area contributed by atoms with E-state index in [4.69, 9.17) is 5.73 Å². The fourth-order valence-electron chi connectivity index (χ4n) is 2.37. The average molecular weight is 334 g/mol. The molecule has 2 aliphatic heterocycles. The molecule has 0 saturated carbocycles. The monoisotopic (exact) mass is 334 g/mol. The van der Waals surface area contributed by atoms with Crippen LogP contribution in [0.25, 0.3) is 0 Å². The lowest BCUT2D eigenvalue weighted by atomic mass is 10.2. The van der Waals surface area contributed by atoms with Crippen LogP contribution in [0.3, 0.4) is 0 Å². The molecule has 1 atom stereocenters. The van der Waals surface area contributed by atoms with Crippen LogP contribution in [0.4, 0.5) is 0 Å². The minimum absolute atomic E-state index is 0.0512. The minimum Gasteiger partial charge on any atom is -0.370 e. The number of nitrogens with zero attached hydrogens (tertiary/aromatic N) is 2. The molecule has 120 valence electrons. The molecule has 1 amide bonds. The van der Waals surface area contributed by atoms with Crippen molar-refractivity contribution in [3.63, 3.8) is 0 Å². The first-order valence-corrected chi connectivity index (χ1v) is 10.1. The van der Waals surface area contributed by atoms with Crippen LogP contribution in [-0.4, -0.2) is 73.9 Å². The molecule has 2 heterocycles. The number of hydrogen-bond acceptors (Lipinski definition) is 5. The van der Waals surface area contributed by atoms with Gasteiger partial charge in [-0.05, 0) is 6.42 Å². The van der Waals surface area contributed by atoms with E-state index in [1.165, 1.54) is 0 Å². The minimum atomic E-state index is -2.96. The zero-order chi connectivity index (χ0) is 15.3. The molecule has 0 radical (unpaired) electrons. The van der Waals surface area contributed by atoms with Gasteiger partial charge in [-0.15, -0.1) is 0 Å². The number of carbonyl (C=O) groups excluding carboxylic acids is 1. The van der Waals surface area contributed by atoms with Gasteiger partial charge in [-0.1, -0.05) is 0 Å². The van der Waals surface area contributed by atoms with Crippen LogP contribution in [0, 0.1) is 0 Å². The summed E-state index contributed by atoms with van der Waals surface area (Å²) in [6.07, 6.45) is 0.741. The Morgan fingerprint density at radius 1 is 1.38 bits per heavy atom. The summed E-state index contributed by atoms with van der Waals surface area (Å²) < 4.78 is 22.6. The highest BCUT2D eigenvalue weighted by molar-refractivity contribution is 7.99. The molecule has 21 heavy (non-hydrogen) atoms. The predicted molar refractivity (Wildman–Crippen MR) is 85.2 cm³/mol. The van der Waals surface area contributed by atoms with Gasteiger partial charge in [-0.3, -0.25) is 9.79 Å². The quantitative estimate of drug-likeness (QED) is 0.507. The van der Waals surface area contributed by atoms with Gasteiger partial charge in [0, 0.05) is 37.1 Å². The molecular formula is C12H22N4O3S2. The molecule has 2 fully saturated rings. The Balaban J connectivity index is 1.69. The van der Waals surface area contributed by atoms with E-state index in [-0.39, 0.29) is 29.9 Å². The molecule has 1 unspecified atom stereocenters. The molecule has 7 nitrogen and oxygen atoms in total. The van der Waals surface area contributed by atoms with Crippen molar-refractivity contribution < 1.29 is 13.2 Å². The van der Waals surface area contributed by atoms with Gasteiger partial charge in [-0.2, -0.15) is 11.8 Å². The molecule has 0 spiro atoms. The van der Waals surface area contributed by atoms with Crippen molar-refractivity contribution in [1.82, 2.24) is 10.2 Å². The molecule has 0 aromatic carbocycles. The Morgan fingerprint density at radius 3 is 2.71 bits per heavy atom. The summed E-state index contributed by atoms with van der Waals surface area (Å²) in [6, 6.07) is -0.247. The molecule has 0 aromatic heterocycles. The Hall–Kier alpha value is -0.960. The van der Waals surface area contributed by atoms with Crippen molar-refractivity contribution in [2.45, 2.75) is 18.9 Å². The summed E-state index contributed by atoms with van der Waals surface area (Å²) in [5.74, 6) is 2.64. The summed E-state index contributed by atoms with van der Waals surface area (Å²) in [6.45, 7) is 2.12. The summed E-state index contributed by atoms with van der Waals surface area (Å²) in [5, 5.41) is 2.74. The smallest absolute Gasteiger partial charge is 0.222 e. The second-order valence-electron chi connectivity index (χ2n) is 5.26. The molecule has 2 aliphatic rings. The number of sulfone groups is 1. The second kappa shape index (κ2) is 7.35. The topological polar surface area (TPSA) is 105 Å². The molecule has 0 aromatic rings. The molecular weight excluding hydrogens is 312 g/mol. The summed E-state index contributed by atoms with van der Waals surface area (Å²) in [5.41, 5.74) is 5.89. The van der Waals surface area contributed by atoms with Crippen molar-refractivity contribution >= 4 is 33.5 Å². The van der Waals surface area contributed by atoms with Crippen LogP contribution in [0.15, 0.2) is 4.99 Å². The van der Waals surface area contributed by atoms with Crippen LogP contribution in [-0.2, 0) is 14.6 Å². The van der Waals surface area contributed by atoms with E-state index in [0.29, 0.717) is 18.9 Å². The Morgan fingerprint density at radius 2 is 2.10 bits per heavy atom.